The molecular formula is C23H32O9. The Kier molecular flexibility index (Phi) is 9.86. The predicted molar refractivity (Wildman–Crippen MR) is 117 cm³/mol. The Labute approximate surface area is 187 Å². The van der Waals surface area contributed by atoms with Gasteiger partial charge in [0.05, 0.1) is 34.0 Å². The molecule has 0 fully saturated rings. The Bertz CT molecular complexity index is 830. The minimum Gasteiger partial charge on any atom is -0.508 e. The summed E-state index contributed by atoms with van der Waals surface area (Å²) in [5.41, 5.74) is 1.04. The lowest BCUT2D eigenvalue weighted by Crippen LogP contribution is -2.31. The molecule has 2 rings (SSSR count). The van der Waals surface area contributed by atoms with E-state index in [1.807, 2.05) is 0 Å². The van der Waals surface area contributed by atoms with E-state index in [-0.39, 0.29) is 36.0 Å². The second-order valence-corrected chi connectivity index (χ2v) is 6.96. The number of benzene rings is 2. The highest BCUT2D eigenvalue weighted by Gasteiger charge is 2.29. The zero-order valence-corrected chi connectivity index (χ0v) is 18.8. The number of ether oxygens (including phenoxy) is 5. The van der Waals surface area contributed by atoms with Gasteiger partial charge in [0.25, 0.3) is 0 Å². The van der Waals surface area contributed by atoms with E-state index in [2.05, 4.69) is 0 Å². The zero-order valence-electron chi connectivity index (χ0n) is 18.8. The van der Waals surface area contributed by atoms with Crippen molar-refractivity contribution in [1.29, 1.82) is 0 Å². The molecule has 0 aliphatic rings. The standard InChI is InChI=1S/C23H32O9/c1-5-31-22(15-8-16(26)12-17(9-15)28-2)21(13-25)32-23-19(29-3)10-14(11-20(23)30-4)18(27)6-7-24/h8-12,18,21-22,24-27H,5-7,13H2,1-4H3/t18-,21-,22+/m0/s1. The fourth-order valence-electron chi connectivity index (χ4n) is 3.33. The number of hydrogen-bond acceptors (Lipinski definition) is 9. The van der Waals surface area contributed by atoms with Crippen molar-refractivity contribution in [3.63, 3.8) is 0 Å². The van der Waals surface area contributed by atoms with E-state index < -0.39 is 24.9 Å². The number of rotatable bonds is 13. The van der Waals surface area contributed by atoms with Crippen LogP contribution in [0.1, 0.15) is 36.7 Å². The van der Waals surface area contributed by atoms with E-state index in [1.165, 1.54) is 33.5 Å². The quantitative estimate of drug-likeness (QED) is 0.362. The van der Waals surface area contributed by atoms with Gasteiger partial charge in [-0.1, -0.05) is 0 Å². The maximum atomic E-state index is 10.3. The number of hydrogen-bond donors (Lipinski definition) is 4. The van der Waals surface area contributed by atoms with Gasteiger partial charge in [-0.15, -0.1) is 0 Å². The molecule has 0 saturated carbocycles. The van der Waals surface area contributed by atoms with Crippen molar-refractivity contribution in [2.45, 2.75) is 31.7 Å². The summed E-state index contributed by atoms with van der Waals surface area (Å²) >= 11 is 0. The van der Waals surface area contributed by atoms with Crippen molar-refractivity contribution in [3.05, 3.63) is 41.5 Å². The van der Waals surface area contributed by atoms with Crippen LogP contribution in [0.2, 0.25) is 0 Å². The van der Waals surface area contributed by atoms with Crippen molar-refractivity contribution in [3.8, 4) is 28.7 Å². The number of aliphatic hydroxyl groups excluding tert-OH is 3. The van der Waals surface area contributed by atoms with Crippen molar-refractivity contribution >= 4 is 0 Å². The van der Waals surface area contributed by atoms with Crippen LogP contribution < -0.4 is 18.9 Å². The molecule has 3 atom stereocenters. The summed E-state index contributed by atoms with van der Waals surface area (Å²) in [6.07, 6.45) is -2.41. The van der Waals surface area contributed by atoms with Crippen LogP contribution in [0.3, 0.4) is 0 Å². The van der Waals surface area contributed by atoms with Crippen molar-refractivity contribution in [1.82, 2.24) is 0 Å². The van der Waals surface area contributed by atoms with Gasteiger partial charge < -0.3 is 44.1 Å². The molecule has 0 unspecified atom stereocenters. The number of methoxy groups -OCH3 is 3. The highest BCUT2D eigenvalue weighted by molar-refractivity contribution is 5.54. The molecule has 0 radical (unpaired) electrons. The van der Waals surface area contributed by atoms with Gasteiger partial charge in [0, 0.05) is 25.7 Å². The lowest BCUT2D eigenvalue weighted by molar-refractivity contribution is -0.0453. The number of aliphatic hydroxyl groups is 3. The molecule has 2 aromatic rings. The van der Waals surface area contributed by atoms with Gasteiger partial charge in [-0.05, 0) is 42.3 Å². The van der Waals surface area contributed by atoms with Crippen LogP contribution in [-0.2, 0) is 4.74 Å². The summed E-state index contributed by atoms with van der Waals surface area (Å²) < 4.78 is 28.1. The summed E-state index contributed by atoms with van der Waals surface area (Å²) in [6.45, 7) is 1.53. The Morgan fingerprint density at radius 3 is 2.03 bits per heavy atom. The first-order valence-corrected chi connectivity index (χ1v) is 10.2. The fourth-order valence-corrected chi connectivity index (χ4v) is 3.33. The van der Waals surface area contributed by atoms with Crippen LogP contribution in [-0.4, -0.2) is 67.7 Å². The topological polar surface area (TPSA) is 127 Å². The van der Waals surface area contributed by atoms with Crippen LogP contribution in [0, 0.1) is 0 Å². The molecule has 0 aliphatic heterocycles. The number of aromatic hydroxyl groups is 1. The van der Waals surface area contributed by atoms with Crippen LogP contribution in [0.5, 0.6) is 28.7 Å². The molecule has 4 N–H and O–H groups in total. The number of phenolic OH excluding ortho intramolecular Hbond substituents is 1. The van der Waals surface area contributed by atoms with Gasteiger partial charge in [0.15, 0.2) is 17.6 Å². The predicted octanol–water partition coefficient (Wildman–Crippen LogP) is 2.35. The minimum atomic E-state index is -0.915. The second kappa shape index (κ2) is 12.4. The number of phenols is 1. The van der Waals surface area contributed by atoms with E-state index in [4.69, 9.17) is 28.8 Å². The molecular weight excluding hydrogens is 420 g/mol. The molecule has 0 heterocycles. The fraction of sp³-hybridized carbons (Fsp3) is 0.478. The van der Waals surface area contributed by atoms with E-state index in [1.54, 1.807) is 25.1 Å². The molecule has 32 heavy (non-hydrogen) atoms. The van der Waals surface area contributed by atoms with Crippen LogP contribution in [0.25, 0.3) is 0 Å². The first-order valence-electron chi connectivity index (χ1n) is 10.2. The Hall–Kier alpha value is -2.72. The lowest BCUT2D eigenvalue weighted by atomic mass is 10.0. The first-order chi connectivity index (χ1) is 15.4. The van der Waals surface area contributed by atoms with Crippen LogP contribution in [0.4, 0.5) is 0 Å². The first kappa shape index (κ1) is 25.5. The van der Waals surface area contributed by atoms with E-state index in [0.29, 0.717) is 23.5 Å². The van der Waals surface area contributed by atoms with Crippen molar-refractivity contribution < 1.29 is 44.1 Å². The van der Waals surface area contributed by atoms with Crippen LogP contribution >= 0.6 is 0 Å². The molecule has 0 aliphatic carbocycles. The average molecular weight is 453 g/mol. The third-order valence-electron chi connectivity index (χ3n) is 4.88. The molecule has 0 bridgehead atoms. The van der Waals surface area contributed by atoms with Gasteiger partial charge in [-0.25, -0.2) is 0 Å². The third-order valence-corrected chi connectivity index (χ3v) is 4.88. The molecule has 0 saturated heterocycles. The minimum absolute atomic E-state index is 0.0156. The van der Waals surface area contributed by atoms with Crippen molar-refractivity contribution in [2.24, 2.45) is 0 Å². The normalized spacial score (nSPS) is 13.8. The van der Waals surface area contributed by atoms with Crippen molar-refractivity contribution in [2.75, 3.05) is 41.2 Å². The Morgan fingerprint density at radius 1 is 0.875 bits per heavy atom. The monoisotopic (exact) mass is 452 g/mol. The lowest BCUT2D eigenvalue weighted by Gasteiger charge is -2.28. The van der Waals surface area contributed by atoms with Crippen LogP contribution in [0.15, 0.2) is 30.3 Å². The smallest absolute Gasteiger partial charge is 0.204 e. The van der Waals surface area contributed by atoms with Gasteiger partial charge in [0.2, 0.25) is 5.75 Å². The maximum Gasteiger partial charge on any atom is 0.204 e. The van der Waals surface area contributed by atoms with Gasteiger partial charge in [0.1, 0.15) is 17.6 Å². The largest absolute Gasteiger partial charge is 0.508 e. The van der Waals surface area contributed by atoms with E-state index >= 15 is 0 Å². The summed E-state index contributed by atoms with van der Waals surface area (Å²) in [5, 5.41) is 39.6. The molecule has 2 aromatic carbocycles. The van der Waals surface area contributed by atoms with E-state index in [0.717, 1.165) is 0 Å². The summed E-state index contributed by atoms with van der Waals surface area (Å²) in [7, 11) is 4.37. The molecule has 9 heteroatoms. The second-order valence-electron chi connectivity index (χ2n) is 6.96. The highest BCUT2D eigenvalue weighted by atomic mass is 16.6. The molecule has 0 amide bonds. The summed E-state index contributed by atoms with van der Waals surface area (Å²) in [5.74, 6) is 1.18. The average Bonchev–Trinajstić information content (AvgIpc) is 2.80. The Morgan fingerprint density at radius 2 is 1.53 bits per heavy atom. The van der Waals surface area contributed by atoms with Gasteiger partial charge in [-0.3, -0.25) is 0 Å². The Balaban J connectivity index is 2.47. The van der Waals surface area contributed by atoms with Gasteiger partial charge in [-0.2, -0.15) is 0 Å². The SMILES string of the molecule is CCO[C@H](c1cc(O)cc(OC)c1)[C@H](CO)Oc1c(OC)cc([C@@H](O)CCO)cc1OC. The van der Waals surface area contributed by atoms with Gasteiger partial charge >= 0.3 is 0 Å². The molecule has 0 aromatic heterocycles. The zero-order chi connectivity index (χ0) is 23.7. The maximum absolute atomic E-state index is 10.3. The summed E-state index contributed by atoms with van der Waals surface area (Å²) in [6, 6.07) is 7.83. The van der Waals surface area contributed by atoms with E-state index in [9.17, 15) is 15.3 Å². The third kappa shape index (κ3) is 6.17. The molecule has 9 nitrogen and oxygen atoms in total. The highest BCUT2D eigenvalue weighted by Crippen LogP contribution is 2.42. The molecule has 178 valence electrons. The summed E-state index contributed by atoms with van der Waals surface area (Å²) in [4.78, 5) is 0. The molecule has 0 spiro atoms.